The third-order valence-corrected chi connectivity index (χ3v) is 2.72. The second kappa shape index (κ2) is 3.02. The summed E-state index contributed by atoms with van der Waals surface area (Å²) < 4.78 is 0. The molecule has 1 atom stereocenters. The van der Waals surface area contributed by atoms with E-state index in [1.807, 2.05) is 20.8 Å². The molecule has 0 saturated carbocycles. The van der Waals surface area contributed by atoms with Crippen LogP contribution in [0.5, 0.6) is 0 Å². The summed E-state index contributed by atoms with van der Waals surface area (Å²) in [5.74, 6) is 0.190. The summed E-state index contributed by atoms with van der Waals surface area (Å²) >= 11 is 0. The van der Waals surface area contributed by atoms with Crippen LogP contribution in [0.2, 0.25) is 0 Å². The van der Waals surface area contributed by atoms with E-state index in [2.05, 4.69) is 0 Å². The van der Waals surface area contributed by atoms with Crippen molar-refractivity contribution >= 4 is 5.78 Å². The zero-order valence-corrected chi connectivity index (χ0v) is 7.98. The maximum absolute atomic E-state index is 11.4. The highest BCUT2D eigenvalue weighted by molar-refractivity contribution is 5.96. The number of Topliss-reactive ketones (excluding diaryl/α,β-unsaturated/α-hetero) is 1. The summed E-state index contributed by atoms with van der Waals surface area (Å²) in [6.07, 6.45) is 1.34. The van der Waals surface area contributed by atoms with Gasteiger partial charge >= 0.3 is 0 Å². The molecule has 12 heavy (non-hydrogen) atoms. The van der Waals surface area contributed by atoms with Crippen molar-refractivity contribution in [1.29, 1.82) is 0 Å². The van der Waals surface area contributed by atoms with E-state index in [1.54, 1.807) is 0 Å². The minimum atomic E-state index is -0.208. The number of rotatable bonds is 1. The molecule has 1 aliphatic rings. The molecule has 68 valence electrons. The van der Waals surface area contributed by atoms with Crippen molar-refractivity contribution in [3.63, 3.8) is 0 Å². The summed E-state index contributed by atoms with van der Waals surface area (Å²) in [5, 5.41) is 9.10. The lowest BCUT2D eigenvalue weighted by Gasteiger charge is -2.31. The number of carbonyl (C=O) groups excluding carboxylic acids is 1. The van der Waals surface area contributed by atoms with Gasteiger partial charge in [-0.3, -0.25) is 4.79 Å². The monoisotopic (exact) mass is 168 g/mol. The van der Waals surface area contributed by atoms with Gasteiger partial charge in [0.25, 0.3) is 0 Å². The zero-order chi connectivity index (χ0) is 9.35. The van der Waals surface area contributed by atoms with Gasteiger partial charge in [0.05, 0.1) is 0 Å². The number of hydrogen-bond donors (Lipinski definition) is 1. The quantitative estimate of drug-likeness (QED) is 0.646. The third-order valence-electron chi connectivity index (χ3n) is 2.72. The topological polar surface area (TPSA) is 37.3 Å². The molecular weight excluding hydrogens is 152 g/mol. The van der Waals surface area contributed by atoms with Crippen LogP contribution in [0.25, 0.3) is 0 Å². The van der Waals surface area contributed by atoms with Crippen LogP contribution < -0.4 is 0 Å². The molecule has 1 rings (SSSR count). The highest BCUT2D eigenvalue weighted by atomic mass is 16.3. The Morgan fingerprint density at radius 2 is 2.00 bits per heavy atom. The van der Waals surface area contributed by atoms with Crippen LogP contribution in [0.3, 0.4) is 0 Å². The highest BCUT2D eigenvalue weighted by Gasteiger charge is 2.32. The van der Waals surface area contributed by atoms with Crippen molar-refractivity contribution in [1.82, 2.24) is 0 Å². The van der Waals surface area contributed by atoms with Gasteiger partial charge in [-0.2, -0.15) is 0 Å². The van der Waals surface area contributed by atoms with Crippen LogP contribution in [0.15, 0.2) is 11.1 Å². The van der Waals surface area contributed by atoms with Crippen molar-refractivity contribution in [2.24, 2.45) is 5.41 Å². The van der Waals surface area contributed by atoms with E-state index in [1.165, 1.54) is 0 Å². The normalized spacial score (nSPS) is 31.2. The molecule has 0 radical (unpaired) electrons. The highest BCUT2D eigenvalue weighted by Crippen LogP contribution is 2.36. The van der Waals surface area contributed by atoms with Gasteiger partial charge in [-0.1, -0.05) is 12.5 Å². The molecule has 0 amide bonds. The molecule has 0 bridgehead atoms. The van der Waals surface area contributed by atoms with Gasteiger partial charge < -0.3 is 5.11 Å². The first kappa shape index (κ1) is 9.46. The number of ketones is 1. The molecule has 0 aromatic rings. The Labute approximate surface area is 73.3 Å². The standard InChI is InChI=1S/C10H16O2/c1-7-4-10(3,6-11)5-9(12)8(7)2/h11H,4-6H2,1-3H3. The number of hydrogen-bond acceptors (Lipinski definition) is 2. The van der Waals surface area contributed by atoms with Crippen LogP contribution >= 0.6 is 0 Å². The van der Waals surface area contributed by atoms with Gasteiger partial charge in [-0.25, -0.2) is 0 Å². The Kier molecular flexibility index (Phi) is 2.38. The van der Waals surface area contributed by atoms with Gasteiger partial charge in [0.2, 0.25) is 0 Å². The molecule has 0 spiro atoms. The van der Waals surface area contributed by atoms with Crippen molar-refractivity contribution in [3.8, 4) is 0 Å². The van der Waals surface area contributed by atoms with Crippen molar-refractivity contribution in [3.05, 3.63) is 11.1 Å². The Bertz CT molecular complexity index is 240. The lowest BCUT2D eigenvalue weighted by atomic mass is 9.73. The third kappa shape index (κ3) is 1.58. The van der Waals surface area contributed by atoms with Crippen molar-refractivity contribution in [2.45, 2.75) is 33.6 Å². The van der Waals surface area contributed by atoms with E-state index < -0.39 is 0 Å². The molecule has 0 aromatic heterocycles. The first-order chi connectivity index (χ1) is 5.48. The fourth-order valence-corrected chi connectivity index (χ4v) is 1.71. The van der Waals surface area contributed by atoms with Crippen molar-refractivity contribution < 1.29 is 9.90 Å². The zero-order valence-electron chi connectivity index (χ0n) is 7.98. The first-order valence-electron chi connectivity index (χ1n) is 4.29. The summed E-state index contributed by atoms with van der Waals surface area (Å²) in [4.78, 5) is 11.4. The molecule has 1 aliphatic carbocycles. The van der Waals surface area contributed by atoms with E-state index in [9.17, 15) is 4.79 Å². The Morgan fingerprint density at radius 3 is 2.42 bits per heavy atom. The number of allylic oxidation sites excluding steroid dienone is 2. The molecule has 0 saturated heterocycles. The largest absolute Gasteiger partial charge is 0.396 e. The van der Waals surface area contributed by atoms with Crippen LogP contribution in [0, 0.1) is 5.41 Å². The molecule has 0 heterocycles. The maximum Gasteiger partial charge on any atom is 0.159 e. The van der Waals surface area contributed by atoms with Gasteiger partial charge in [0.15, 0.2) is 5.78 Å². The minimum Gasteiger partial charge on any atom is -0.396 e. The molecule has 0 fully saturated rings. The fourth-order valence-electron chi connectivity index (χ4n) is 1.71. The lowest BCUT2D eigenvalue weighted by molar-refractivity contribution is -0.119. The maximum atomic E-state index is 11.4. The van der Waals surface area contributed by atoms with Crippen LogP contribution in [0.1, 0.15) is 33.6 Å². The SMILES string of the molecule is CC1=C(C)C(=O)CC(C)(CO)C1. The smallest absolute Gasteiger partial charge is 0.159 e. The van der Waals surface area contributed by atoms with E-state index in [-0.39, 0.29) is 17.8 Å². The Balaban J connectivity index is 2.92. The minimum absolute atomic E-state index is 0.101. The molecule has 1 N–H and O–H groups in total. The predicted octanol–water partition coefficient (Wildman–Crippen LogP) is 1.68. The van der Waals surface area contributed by atoms with E-state index >= 15 is 0 Å². The van der Waals surface area contributed by atoms with Gasteiger partial charge in [-0.05, 0) is 25.8 Å². The summed E-state index contributed by atoms with van der Waals surface area (Å²) in [5.41, 5.74) is 1.81. The molecule has 0 aliphatic heterocycles. The summed E-state index contributed by atoms with van der Waals surface area (Å²) in [7, 11) is 0. The number of carbonyl (C=O) groups is 1. The second-order valence-corrected chi connectivity index (χ2v) is 4.15. The van der Waals surface area contributed by atoms with Crippen molar-refractivity contribution in [2.75, 3.05) is 6.61 Å². The van der Waals surface area contributed by atoms with Gasteiger partial charge in [-0.15, -0.1) is 0 Å². The van der Waals surface area contributed by atoms with E-state index in [0.717, 1.165) is 17.6 Å². The number of aliphatic hydroxyl groups excluding tert-OH is 1. The van der Waals surface area contributed by atoms with Gasteiger partial charge in [0, 0.05) is 18.4 Å². The average molecular weight is 168 g/mol. The number of aliphatic hydroxyl groups is 1. The molecular formula is C10H16O2. The second-order valence-electron chi connectivity index (χ2n) is 4.15. The lowest BCUT2D eigenvalue weighted by Crippen LogP contribution is -2.30. The summed E-state index contributed by atoms with van der Waals surface area (Å²) in [6.45, 7) is 5.90. The Hall–Kier alpha value is -0.630. The van der Waals surface area contributed by atoms with Crippen LogP contribution in [-0.4, -0.2) is 17.5 Å². The predicted molar refractivity (Wildman–Crippen MR) is 47.8 cm³/mol. The van der Waals surface area contributed by atoms with E-state index in [4.69, 9.17) is 5.11 Å². The van der Waals surface area contributed by atoms with Crippen LogP contribution in [0.4, 0.5) is 0 Å². The Morgan fingerprint density at radius 1 is 1.42 bits per heavy atom. The molecule has 1 unspecified atom stereocenters. The van der Waals surface area contributed by atoms with Crippen LogP contribution in [-0.2, 0) is 4.79 Å². The average Bonchev–Trinajstić information content (AvgIpc) is 2.00. The molecule has 2 nitrogen and oxygen atoms in total. The first-order valence-corrected chi connectivity index (χ1v) is 4.29. The van der Waals surface area contributed by atoms with E-state index in [0.29, 0.717) is 6.42 Å². The summed E-state index contributed by atoms with van der Waals surface area (Å²) in [6, 6.07) is 0. The molecule has 0 aromatic carbocycles. The van der Waals surface area contributed by atoms with Gasteiger partial charge in [0.1, 0.15) is 0 Å². The fraction of sp³-hybridized carbons (Fsp3) is 0.700. The molecule has 2 heteroatoms.